The molecule has 0 aromatic heterocycles. The lowest BCUT2D eigenvalue weighted by atomic mass is 10.1. The fourth-order valence-corrected chi connectivity index (χ4v) is 1.31. The van der Waals surface area contributed by atoms with E-state index in [1.807, 2.05) is 13.8 Å². The zero-order valence-corrected chi connectivity index (χ0v) is 9.82. The fraction of sp³-hybridized carbons (Fsp3) is 0.417. The molecule has 1 aromatic rings. The van der Waals surface area contributed by atoms with Gasteiger partial charge in [-0.05, 0) is 25.5 Å². The predicted molar refractivity (Wildman–Crippen MR) is 62.3 cm³/mol. The van der Waals surface area contributed by atoms with E-state index in [9.17, 15) is 4.79 Å². The van der Waals surface area contributed by atoms with Gasteiger partial charge in [0.2, 0.25) is 0 Å². The molecule has 0 amide bonds. The summed E-state index contributed by atoms with van der Waals surface area (Å²) in [5.74, 6) is 0.408. The lowest BCUT2D eigenvalue weighted by Gasteiger charge is -2.11. The fourth-order valence-electron chi connectivity index (χ4n) is 1.31. The second-order valence-corrected chi connectivity index (χ2v) is 3.78. The van der Waals surface area contributed by atoms with Crippen molar-refractivity contribution in [3.8, 4) is 5.75 Å². The molecule has 0 bridgehead atoms. The van der Waals surface area contributed by atoms with Crippen LogP contribution in [0.1, 0.15) is 19.4 Å². The van der Waals surface area contributed by atoms with E-state index in [2.05, 4.69) is 4.74 Å². The number of nitrogens with two attached hydrogens (primary N) is 1. The molecule has 0 spiro atoms. The number of carbonyl (C=O) groups excluding carboxylic acids is 1. The smallest absolute Gasteiger partial charge is 0.310 e. The molecular weight excluding hydrogens is 206 g/mol. The Morgan fingerprint density at radius 2 is 2.12 bits per heavy atom. The summed E-state index contributed by atoms with van der Waals surface area (Å²) in [5.41, 5.74) is 7.11. The van der Waals surface area contributed by atoms with Crippen molar-refractivity contribution in [2.24, 2.45) is 0 Å². The number of anilines is 1. The van der Waals surface area contributed by atoms with Crippen LogP contribution in [0.3, 0.4) is 0 Å². The Labute approximate surface area is 95.3 Å². The van der Waals surface area contributed by atoms with E-state index in [0.29, 0.717) is 11.4 Å². The van der Waals surface area contributed by atoms with E-state index >= 15 is 0 Å². The zero-order chi connectivity index (χ0) is 12.1. The van der Waals surface area contributed by atoms with Gasteiger partial charge in [0.25, 0.3) is 0 Å². The van der Waals surface area contributed by atoms with Gasteiger partial charge in [0, 0.05) is 11.8 Å². The second kappa shape index (κ2) is 5.39. The number of benzene rings is 1. The molecule has 0 fully saturated rings. The van der Waals surface area contributed by atoms with Crippen LogP contribution in [0.2, 0.25) is 0 Å². The van der Waals surface area contributed by atoms with Crippen LogP contribution in [0.4, 0.5) is 5.69 Å². The largest absolute Gasteiger partial charge is 0.491 e. The Bertz CT molecular complexity index is 375. The molecule has 0 unspecified atom stereocenters. The molecule has 1 rings (SSSR count). The normalized spacial score (nSPS) is 10.2. The molecule has 0 saturated carbocycles. The van der Waals surface area contributed by atoms with Crippen LogP contribution in [0.15, 0.2) is 18.2 Å². The summed E-state index contributed by atoms with van der Waals surface area (Å²) in [6.07, 6.45) is 0.287. The Morgan fingerprint density at radius 1 is 1.44 bits per heavy atom. The molecule has 88 valence electrons. The molecule has 0 aliphatic rings. The SMILES string of the molecule is COC(=O)Cc1ccc(OC(C)C)cc1N. The molecule has 16 heavy (non-hydrogen) atoms. The summed E-state index contributed by atoms with van der Waals surface area (Å²) in [7, 11) is 1.36. The van der Waals surface area contributed by atoms with Crippen molar-refractivity contribution < 1.29 is 14.3 Å². The molecule has 0 atom stereocenters. The van der Waals surface area contributed by atoms with Crippen molar-refractivity contribution in [3.63, 3.8) is 0 Å². The first-order valence-corrected chi connectivity index (χ1v) is 5.14. The van der Waals surface area contributed by atoms with Gasteiger partial charge in [-0.25, -0.2) is 0 Å². The van der Waals surface area contributed by atoms with Gasteiger partial charge in [-0.3, -0.25) is 4.79 Å². The molecule has 0 radical (unpaired) electrons. The zero-order valence-electron chi connectivity index (χ0n) is 9.82. The third-order valence-corrected chi connectivity index (χ3v) is 2.05. The van der Waals surface area contributed by atoms with Crippen molar-refractivity contribution >= 4 is 11.7 Å². The van der Waals surface area contributed by atoms with Crippen molar-refractivity contribution in [3.05, 3.63) is 23.8 Å². The van der Waals surface area contributed by atoms with Crippen LogP contribution in [0.5, 0.6) is 5.75 Å². The van der Waals surface area contributed by atoms with Gasteiger partial charge in [-0.2, -0.15) is 0 Å². The summed E-state index contributed by atoms with van der Waals surface area (Å²) in [6.45, 7) is 3.89. The van der Waals surface area contributed by atoms with Crippen LogP contribution in [0, 0.1) is 0 Å². The maximum absolute atomic E-state index is 11.1. The summed E-state index contributed by atoms with van der Waals surface area (Å²) in [5, 5.41) is 0. The first-order valence-electron chi connectivity index (χ1n) is 5.14. The number of rotatable bonds is 4. The highest BCUT2D eigenvalue weighted by atomic mass is 16.5. The number of methoxy groups -OCH3 is 1. The van der Waals surface area contributed by atoms with Crippen LogP contribution >= 0.6 is 0 Å². The van der Waals surface area contributed by atoms with Crippen LogP contribution in [-0.4, -0.2) is 19.2 Å². The molecular formula is C12H17NO3. The number of hydrogen-bond acceptors (Lipinski definition) is 4. The highest BCUT2D eigenvalue weighted by molar-refractivity contribution is 5.75. The van der Waals surface area contributed by atoms with E-state index in [1.165, 1.54) is 7.11 Å². The summed E-state index contributed by atoms with van der Waals surface area (Å²) in [4.78, 5) is 11.1. The van der Waals surface area contributed by atoms with Gasteiger partial charge in [-0.15, -0.1) is 0 Å². The van der Waals surface area contributed by atoms with Crippen molar-refractivity contribution in [2.45, 2.75) is 26.4 Å². The molecule has 4 heteroatoms. The standard InChI is InChI=1S/C12H17NO3/c1-8(2)16-10-5-4-9(11(13)7-10)6-12(14)15-3/h4-5,7-8H,6,13H2,1-3H3. The van der Waals surface area contributed by atoms with Gasteiger partial charge in [0.1, 0.15) is 5.75 Å². The van der Waals surface area contributed by atoms with E-state index in [4.69, 9.17) is 10.5 Å². The summed E-state index contributed by atoms with van der Waals surface area (Å²) in [6, 6.07) is 5.30. The lowest BCUT2D eigenvalue weighted by Crippen LogP contribution is -2.08. The highest BCUT2D eigenvalue weighted by Crippen LogP contribution is 2.21. The predicted octanol–water partition coefficient (Wildman–Crippen LogP) is 1.77. The van der Waals surface area contributed by atoms with Gasteiger partial charge < -0.3 is 15.2 Å². The van der Waals surface area contributed by atoms with Crippen molar-refractivity contribution in [2.75, 3.05) is 12.8 Å². The lowest BCUT2D eigenvalue weighted by molar-refractivity contribution is -0.139. The average Bonchev–Trinajstić information content (AvgIpc) is 2.21. The summed E-state index contributed by atoms with van der Waals surface area (Å²) < 4.78 is 10.1. The Hall–Kier alpha value is -1.71. The second-order valence-electron chi connectivity index (χ2n) is 3.78. The molecule has 0 heterocycles. The quantitative estimate of drug-likeness (QED) is 0.624. The van der Waals surface area contributed by atoms with Crippen molar-refractivity contribution in [1.82, 2.24) is 0 Å². The van der Waals surface area contributed by atoms with Crippen LogP contribution in [0.25, 0.3) is 0 Å². The maximum Gasteiger partial charge on any atom is 0.310 e. The average molecular weight is 223 g/mol. The summed E-state index contributed by atoms with van der Waals surface area (Å²) >= 11 is 0. The molecule has 0 aliphatic heterocycles. The Morgan fingerprint density at radius 3 is 2.62 bits per heavy atom. The number of ether oxygens (including phenoxy) is 2. The minimum absolute atomic E-state index is 0.103. The molecule has 2 N–H and O–H groups in total. The van der Waals surface area contributed by atoms with Crippen LogP contribution < -0.4 is 10.5 Å². The number of hydrogen-bond donors (Lipinski definition) is 1. The Balaban J connectivity index is 2.79. The molecule has 4 nitrogen and oxygen atoms in total. The van der Waals surface area contributed by atoms with Gasteiger partial charge in [-0.1, -0.05) is 6.07 Å². The number of esters is 1. The maximum atomic E-state index is 11.1. The van der Waals surface area contributed by atoms with Gasteiger partial charge in [0.15, 0.2) is 0 Å². The van der Waals surface area contributed by atoms with Crippen LogP contribution in [-0.2, 0) is 16.0 Å². The first kappa shape index (κ1) is 12.4. The third kappa shape index (κ3) is 3.46. The minimum atomic E-state index is -0.302. The van der Waals surface area contributed by atoms with Crippen molar-refractivity contribution in [1.29, 1.82) is 0 Å². The monoisotopic (exact) mass is 223 g/mol. The number of nitrogen functional groups attached to an aromatic ring is 1. The first-order chi connectivity index (χ1) is 7.52. The van der Waals surface area contributed by atoms with E-state index < -0.39 is 0 Å². The number of carbonyl (C=O) groups is 1. The van der Waals surface area contributed by atoms with E-state index in [-0.39, 0.29) is 18.5 Å². The highest BCUT2D eigenvalue weighted by Gasteiger charge is 2.07. The Kier molecular flexibility index (Phi) is 4.17. The van der Waals surface area contributed by atoms with Gasteiger partial charge in [0.05, 0.1) is 19.6 Å². The molecule has 1 aromatic carbocycles. The van der Waals surface area contributed by atoms with E-state index in [0.717, 1.165) is 5.56 Å². The van der Waals surface area contributed by atoms with E-state index in [1.54, 1.807) is 18.2 Å². The topological polar surface area (TPSA) is 61.5 Å². The molecule has 0 aliphatic carbocycles. The third-order valence-electron chi connectivity index (χ3n) is 2.05. The molecule has 0 saturated heterocycles. The van der Waals surface area contributed by atoms with Gasteiger partial charge >= 0.3 is 5.97 Å². The minimum Gasteiger partial charge on any atom is -0.491 e.